The number of nitrogens with zero attached hydrogens (tertiary/aromatic N) is 4. The van der Waals surface area contributed by atoms with E-state index in [9.17, 15) is 9.59 Å². The minimum atomic E-state index is -0.978. The number of hydrogen-bond donors (Lipinski definition) is 2. The molecule has 1 saturated carbocycles. The van der Waals surface area contributed by atoms with Gasteiger partial charge in [0, 0.05) is 36.1 Å². The Labute approximate surface area is 270 Å². The molecule has 3 amide bonds. The molecule has 3 fully saturated rings. The molecule has 1 aliphatic carbocycles. The van der Waals surface area contributed by atoms with Crippen LogP contribution >= 0.6 is 0 Å². The van der Waals surface area contributed by atoms with Crippen LogP contribution in [0.1, 0.15) is 102 Å². The summed E-state index contributed by atoms with van der Waals surface area (Å²) in [6.45, 7) is 10.1. The molecule has 0 radical (unpaired) electrons. The molecular weight excluding hydrogens is 560 g/mol. The highest BCUT2D eigenvalue weighted by molar-refractivity contribution is 6.12. The Kier molecular flexibility index (Phi) is 12.4. The summed E-state index contributed by atoms with van der Waals surface area (Å²) in [6, 6.07) is 16.1. The van der Waals surface area contributed by atoms with Gasteiger partial charge in [-0.2, -0.15) is 0 Å². The second-order valence-corrected chi connectivity index (χ2v) is 13.1. The summed E-state index contributed by atoms with van der Waals surface area (Å²) >= 11 is 0. The van der Waals surface area contributed by atoms with Crippen LogP contribution in [-0.4, -0.2) is 72.4 Å². The lowest BCUT2D eigenvalue weighted by molar-refractivity contribution is -0.120. The van der Waals surface area contributed by atoms with E-state index in [0.29, 0.717) is 12.2 Å². The van der Waals surface area contributed by atoms with Gasteiger partial charge in [-0.3, -0.25) is 14.7 Å². The molecule has 2 N–H and O–H groups in total. The smallest absolute Gasteiger partial charge is 0.308 e. The first kappa shape index (κ1) is 33.1. The first-order valence-electron chi connectivity index (χ1n) is 17.6. The number of nitrogens with one attached hydrogen (secondary N) is 2. The Morgan fingerprint density at radius 2 is 1.53 bits per heavy atom. The molecule has 0 bridgehead atoms. The number of rotatable bonds is 7. The normalized spacial score (nSPS) is 21.6. The summed E-state index contributed by atoms with van der Waals surface area (Å²) < 4.78 is 0. The number of aliphatic imine (C=N–C) groups is 1. The van der Waals surface area contributed by atoms with Gasteiger partial charge in [0.2, 0.25) is 6.17 Å². The van der Waals surface area contributed by atoms with Crippen LogP contribution in [0.15, 0.2) is 53.5 Å². The summed E-state index contributed by atoms with van der Waals surface area (Å²) in [4.78, 5) is 37.9. The number of hydrogen-bond acceptors (Lipinski definition) is 5. The Morgan fingerprint density at radius 3 is 2.22 bits per heavy atom. The number of carbonyl (C=O) groups excluding carboxylic acids is 2. The summed E-state index contributed by atoms with van der Waals surface area (Å²) in [6.07, 6.45) is 15.4. The van der Waals surface area contributed by atoms with Crippen LogP contribution < -0.4 is 15.5 Å². The number of fused-ring (bicyclic) bond motifs is 1. The number of piperidine rings is 2. The molecule has 2 aromatic carbocycles. The van der Waals surface area contributed by atoms with Crippen LogP contribution in [-0.2, 0) is 11.3 Å². The maximum Gasteiger partial charge on any atom is 0.321 e. The maximum atomic E-state index is 13.4. The second kappa shape index (κ2) is 16.9. The van der Waals surface area contributed by atoms with Crippen LogP contribution in [0.5, 0.6) is 0 Å². The summed E-state index contributed by atoms with van der Waals surface area (Å²) in [5.41, 5.74) is 4.37. The topological polar surface area (TPSA) is 80.3 Å². The van der Waals surface area contributed by atoms with Gasteiger partial charge in [0.05, 0.1) is 5.69 Å². The fourth-order valence-electron chi connectivity index (χ4n) is 7.23. The van der Waals surface area contributed by atoms with Gasteiger partial charge in [0.25, 0.3) is 5.91 Å². The van der Waals surface area contributed by atoms with E-state index in [0.717, 1.165) is 49.1 Å². The van der Waals surface area contributed by atoms with E-state index in [2.05, 4.69) is 31.5 Å². The van der Waals surface area contributed by atoms with Crippen molar-refractivity contribution in [1.29, 1.82) is 0 Å². The zero-order valence-electron chi connectivity index (χ0n) is 27.6. The van der Waals surface area contributed by atoms with Crippen molar-refractivity contribution in [3.63, 3.8) is 0 Å². The molecule has 244 valence electrons. The first-order valence-corrected chi connectivity index (χ1v) is 17.6. The average Bonchev–Trinajstić information content (AvgIpc) is 3.17. The molecule has 2 saturated heterocycles. The molecule has 1 atom stereocenters. The molecular formula is C37H54N6O2. The van der Waals surface area contributed by atoms with E-state index in [4.69, 9.17) is 0 Å². The van der Waals surface area contributed by atoms with Crippen molar-refractivity contribution in [2.45, 2.75) is 110 Å². The average molecular weight is 615 g/mol. The van der Waals surface area contributed by atoms with Gasteiger partial charge in [-0.25, -0.2) is 4.79 Å². The lowest BCUT2D eigenvalue weighted by Crippen LogP contribution is -2.48. The Balaban J connectivity index is 0.000000598. The molecule has 4 aliphatic rings. The van der Waals surface area contributed by atoms with Crippen molar-refractivity contribution >= 4 is 29.0 Å². The van der Waals surface area contributed by atoms with Crippen LogP contribution in [0.2, 0.25) is 0 Å². The van der Waals surface area contributed by atoms with Crippen molar-refractivity contribution in [2.75, 3.05) is 42.9 Å². The number of urea groups is 1. The highest BCUT2D eigenvalue weighted by atomic mass is 16.2. The van der Waals surface area contributed by atoms with Gasteiger partial charge < -0.3 is 20.4 Å². The third-order valence-electron chi connectivity index (χ3n) is 9.68. The fourth-order valence-corrected chi connectivity index (χ4v) is 7.23. The molecule has 0 spiro atoms. The quantitative estimate of drug-likeness (QED) is 0.346. The van der Waals surface area contributed by atoms with Gasteiger partial charge in [0.15, 0.2) is 0 Å². The number of para-hydroxylation sites is 1. The summed E-state index contributed by atoms with van der Waals surface area (Å²) in [7, 11) is 0. The van der Waals surface area contributed by atoms with Crippen LogP contribution in [0, 0.1) is 0 Å². The lowest BCUT2D eigenvalue weighted by atomic mass is 9.99. The third-order valence-corrected chi connectivity index (χ3v) is 9.68. The SMILES string of the molecule is C1CCCCC1.CCCN1C(=O)C(NC(=O)Nc2cccc(CN3CCC(N4CCCCC4)CC3)c2)N=C(C)c2ccccc21. The van der Waals surface area contributed by atoms with Crippen LogP contribution in [0.25, 0.3) is 0 Å². The molecule has 6 rings (SSSR count). The van der Waals surface area contributed by atoms with E-state index in [1.54, 1.807) is 4.90 Å². The minimum absolute atomic E-state index is 0.224. The molecule has 1 unspecified atom stereocenters. The Morgan fingerprint density at radius 1 is 0.867 bits per heavy atom. The molecule has 3 heterocycles. The van der Waals surface area contributed by atoms with E-state index >= 15 is 0 Å². The zero-order chi connectivity index (χ0) is 31.4. The number of amides is 3. The monoisotopic (exact) mass is 614 g/mol. The first-order chi connectivity index (χ1) is 22.0. The second-order valence-electron chi connectivity index (χ2n) is 13.1. The molecule has 3 aliphatic heterocycles. The zero-order valence-corrected chi connectivity index (χ0v) is 27.6. The van der Waals surface area contributed by atoms with Crippen molar-refractivity contribution in [2.24, 2.45) is 4.99 Å². The summed E-state index contributed by atoms with van der Waals surface area (Å²) in [5, 5.41) is 5.73. The van der Waals surface area contributed by atoms with Crippen molar-refractivity contribution < 1.29 is 9.59 Å². The van der Waals surface area contributed by atoms with Crippen molar-refractivity contribution in [1.82, 2.24) is 15.1 Å². The molecule has 0 aromatic heterocycles. The summed E-state index contributed by atoms with van der Waals surface area (Å²) in [5.74, 6) is -0.224. The Bertz CT molecular complexity index is 1270. The van der Waals surface area contributed by atoms with E-state index < -0.39 is 12.2 Å². The number of likely N-dealkylation sites (tertiary alicyclic amines) is 2. The largest absolute Gasteiger partial charge is 0.321 e. The van der Waals surface area contributed by atoms with Gasteiger partial charge in [-0.15, -0.1) is 0 Å². The van der Waals surface area contributed by atoms with Crippen molar-refractivity contribution in [3.8, 4) is 0 Å². The number of benzodiazepines with no additional fused rings is 1. The van der Waals surface area contributed by atoms with Gasteiger partial charge in [-0.1, -0.05) is 82.2 Å². The van der Waals surface area contributed by atoms with E-state index in [1.165, 1.54) is 89.3 Å². The van der Waals surface area contributed by atoms with Crippen LogP contribution in [0.4, 0.5) is 16.2 Å². The van der Waals surface area contributed by atoms with Gasteiger partial charge in [0.1, 0.15) is 0 Å². The van der Waals surface area contributed by atoms with E-state index in [1.807, 2.05) is 56.3 Å². The highest BCUT2D eigenvalue weighted by Crippen LogP contribution is 2.26. The lowest BCUT2D eigenvalue weighted by Gasteiger charge is -2.40. The van der Waals surface area contributed by atoms with Crippen molar-refractivity contribution in [3.05, 3.63) is 59.7 Å². The number of carbonyl (C=O) groups is 2. The molecule has 8 heteroatoms. The minimum Gasteiger partial charge on any atom is -0.308 e. The third kappa shape index (κ3) is 9.39. The highest BCUT2D eigenvalue weighted by Gasteiger charge is 2.31. The Hall–Kier alpha value is -3.23. The molecule has 8 nitrogen and oxygen atoms in total. The van der Waals surface area contributed by atoms with Crippen LogP contribution in [0.3, 0.4) is 0 Å². The number of anilines is 2. The fraction of sp³-hybridized carbons (Fsp3) is 0.595. The molecule has 2 aromatic rings. The van der Waals surface area contributed by atoms with E-state index in [-0.39, 0.29) is 5.91 Å². The maximum absolute atomic E-state index is 13.4. The molecule has 45 heavy (non-hydrogen) atoms. The number of benzene rings is 2. The van der Waals surface area contributed by atoms with Gasteiger partial charge >= 0.3 is 6.03 Å². The van der Waals surface area contributed by atoms with Gasteiger partial charge in [-0.05, 0) is 89.0 Å². The standard InChI is InChI=1S/C31H42N6O2.C6H12/c1-3-16-37-28-13-6-5-12-27(28)23(2)32-29(30(37)38)34-31(39)33-25-11-9-10-24(21-25)22-35-19-14-26(15-20-35)36-17-7-4-8-18-36;1-2-4-6-5-3-1/h5-6,9-13,21,26,29H,3-4,7-8,14-20,22H2,1-2H3,(H2,33,34,39);1-6H2. The predicted molar refractivity (Wildman–Crippen MR) is 185 cm³/mol. The predicted octanol–water partition coefficient (Wildman–Crippen LogP) is 7.19.